The van der Waals surface area contributed by atoms with E-state index in [1.54, 1.807) is 16.3 Å². The highest BCUT2D eigenvalue weighted by Gasteiger charge is 2.19. The molecular formula is C18H24N3O3+. The quantitative estimate of drug-likeness (QED) is 0.650. The molecule has 0 saturated heterocycles. The summed E-state index contributed by atoms with van der Waals surface area (Å²) in [4.78, 5) is 24.1. The van der Waals surface area contributed by atoms with E-state index in [-0.39, 0.29) is 25.0 Å². The van der Waals surface area contributed by atoms with Gasteiger partial charge >= 0.3 is 5.97 Å². The smallest absolute Gasteiger partial charge is 0.331 e. The SMILES string of the molecule is CCOC(=O)Cn1cc(C)c[n+]1CC(=O)Nc1c(C)cccc1C. The van der Waals surface area contributed by atoms with Crippen LogP contribution in [0.4, 0.5) is 5.69 Å². The van der Waals surface area contributed by atoms with Crippen LogP contribution >= 0.6 is 0 Å². The fourth-order valence-electron chi connectivity index (χ4n) is 2.60. The fraction of sp³-hybridized carbons (Fsp3) is 0.389. The molecule has 128 valence electrons. The minimum absolute atomic E-state index is 0.0817. The molecule has 1 aromatic carbocycles. The maximum absolute atomic E-state index is 12.4. The highest BCUT2D eigenvalue weighted by atomic mass is 16.5. The first kappa shape index (κ1) is 17.7. The number of hydrogen-bond acceptors (Lipinski definition) is 3. The minimum Gasteiger partial charge on any atom is -0.464 e. The fourth-order valence-corrected chi connectivity index (χ4v) is 2.60. The summed E-state index contributed by atoms with van der Waals surface area (Å²) in [6, 6.07) is 5.88. The number of carbonyl (C=O) groups is 2. The first-order chi connectivity index (χ1) is 11.4. The Labute approximate surface area is 142 Å². The molecule has 0 aliphatic heterocycles. The number of hydrogen-bond donors (Lipinski definition) is 1. The van der Waals surface area contributed by atoms with E-state index in [1.807, 2.05) is 51.4 Å². The van der Waals surface area contributed by atoms with Crippen molar-refractivity contribution in [3.05, 3.63) is 47.3 Å². The number of anilines is 1. The van der Waals surface area contributed by atoms with Gasteiger partial charge in [0.15, 0.2) is 12.7 Å². The molecule has 0 saturated carbocycles. The predicted molar refractivity (Wildman–Crippen MR) is 90.5 cm³/mol. The number of amides is 1. The lowest BCUT2D eigenvalue weighted by Gasteiger charge is -2.10. The molecule has 0 bridgehead atoms. The second-order valence-electron chi connectivity index (χ2n) is 5.82. The van der Waals surface area contributed by atoms with E-state index in [1.165, 1.54) is 0 Å². The van der Waals surface area contributed by atoms with Crippen LogP contribution in [0.2, 0.25) is 0 Å². The van der Waals surface area contributed by atoms with Gasteiger partial charge in [0.1, 0.15) is 0 Å². The first-order valence-corrected chi connectivity index (χ1v) is 7.99. The molecule has 2 rings (SSSR count). The van der Waals surface area contributed by atoms with Crippen molar-refractivity contribution in [2.75, 3.05) is 11.9 Å². The van der Waals surface area contributed by atoms with Crippen LogP contribution in [-0.2, 0) is 27.4 Å². The van der Waals surface area contributed by atoms with Crippen molar-refractivity contribution in [3.63, 3.8) is 0 Å². The monoisotopic (exact) mass is 330 g/mol. The second-order valence-corrected chi connectivity index (χ2v) is 5.82. The molecule has 6 nitrogen and oxygen atoms in total. The minimum atomic E-state index is -0.322. The Morgan fingerprint density at radius 2 is 1.88 bits per heavy atom. The molecule has 1 aromatic heterocycles. The summed E-state index contributed by atoms with van der Waals surface area (Å²) in [7, 11) is 0. The molecular weight excluding hydrogens is 306 g/mol. The highest BCUT2D eigenvalue weighted by Crippen LogP contribution is 2.19. The van der Waals surface area contributed by atoms with Crippen molar-refractivity contribution < 1.29 is 19.0 Å². The van der Waals surface area contributed by atoms with Gasteiger partial charge in [-0.25, -0.2) is 4.79 Å². The van der Waals surface area contributed by atoms with E-state index in [2.05, 4.69) is 5.32 Å². The Bertz CT molecular complexity index is 730. The highest BCUT2D eigenvalue weighted by molar-refractivity contribution is 5.91. The van der Waals surface area contributed by atoms with Crippen molar-refractivity contribution in [2.45, 2.75) is 40.8 Å². The molecule has 0 atom stereocenters. The third-order valence-electron chi connectivity index (χ3n) is 3.68. The largest absolute Gasteiger partial charge is 0.464 e. The lowest BCUT2D eigenvalue weighted by molar-refractivity contribution is -0.763. The van der Waals surface area contributed by atoms with Crippen molar-refractivity contribution in [1.82, 2.24) is 4.68 Å². The number of rotatable bonds is 6. The second kappa shape index (κ2) is 7.77. The maximum atomic E-state index is 12.4. The van der Waals surface area contributed by atoms with Gasteiger partial charge in [-0.2, -0.15) is 0 Å². The van der Waals surface area contributed by atoms with Gasteiger partial charge in [-0.05, 0) is 38.8 Å². The summed E-state index contributed by atoms with van der Waals surface area (Å²) in [6.45, 7) is 8.16. The number of nitrogens with one attached hydrogen (secondary N) is 1. The number of carbonyl (C=O) groups excluding carboxylic acids is 2. The standard InChI is InChI=1S/C18H23N3O3/c1-5-24-17(23)12-21-10-13(2)9-20(21)11-16(22)19-18-14(3)7-6-8-15(18)4/h6-10H,5,11-12H2,1-4H3/p+1. The summed E-state index contributed by atoms with van der Waals surface area (Å²) in [6.07, 6.45) is 3.66. The van der Waals surface area contributed by atoms with Crippen LogP contribution in [0.3, 0.4) is 0 Å². The number of esters is 1. The first-order valence-electron chi connectivity index (χ1n) is 7.99. The topological polar surface area (TPSA) is 64.2 Å². The Morgan fingerprint density at radius 1 is 1.21 bits per heavy atom. The number of aromatic nitrogens is 2. The van der Waals surface area contributed by atoms with Crippen molar-refractivity contribution in [2.24, 2.45) is 0 Å². The zero-order valence-corrected chi connectivity index (χ0v) is 14.6. The lowest BCUT2D eigenvalue weighted by Crippen LogP contribution is -2.48. The number of nitrogens with zero attached hydrogens (tertiary/aromatic N) is 2. The lowest BCUT2D eigenvalue weighted by atomic mass is 10.1. The molecule has 6 heteroatoms. The van der Waals surface area contributed by atoms with Gasteiger partial charge in [-0.15, -0.1) is 9.36 Å². The van der Waals surface area contributed by atoms with E-state index in [9.17, 15) is 9.59 Å². The summed E-state index contributed by atoms with van der Waals surface area (Å²) >= 11 is 0. The molecule has 2 aromatic rings. The number of para-hydroxylation sites is 1. The van der Waals surface area contributed by atoms with Crippen molar-refractivity contribution in [1.29, 1.82) is 0 Å². The maximum Gasteiger partial charge on any atom is 0.331 e. The molecule has 0 spiro atoms. The average Bonchev–Trinajstić information content (AvgIpc) is 2.82. The normalized spacial score (nSPS) is 10.5. The van der Waals surface area contributed by atoms with Gasteiger partial charge in [-0.1, -0.05) is 18.2 Å². The molecule has 0 radical (unpaired) electrons. The van der Waals surface area contributed by atoms with Gasteiger partial charge in [0.05, 0.1) is 12.8 Å². The number of benzene rings is 1. The molecule has 0 fully saturated rings. The molecule has 0 aliphatic rings. The van der Waals surface area contributed by atoms with E-state index < -0.39 is 0 Å². The Kier molecular flexibility index (Phi) is 5.73. The van der Waals surface area contributed by atoms with Crippen LogP contribution in [-0.4, -0.2) is 23.2 Å². The molecule has 1 amide bonds. The Morgan fingerprint density at radius 3 is 2.50 bits per heavy atom. The number of aryl methyl sites for hydroxylation is 3. The van der Waals surface area contributed by atoms with E-state index >= 15 is 0 Å². The van der Waals surface area contributed by atoms with Crippen molar-refractivity contribution in [3.8, 4) is 0 Å². The van der Waals surface area contributed by atoms with Crippen LogP contribution in [0.25, 0.3) is 0 Å². The summed E-state index contributed by atoms with van der Waals surface area (Å²) < 4.78 is 8.38. The van der Waals surface area contributed by atoms with E-state index in [4.69, 9.17) is 4.74 Å². The van der Waals surface area contributed by atoms with Crippen LogP contribution in [0.5, 0.6) is 0 Å². The van der Waals surface area contributed by atoms with E-state index in [0.717, 1.165) is 22.4 Å². The van der Waals surface area contributed by atoms with Gasteiger partial charge in [0, 0.05) is 11.3 Å². The van der Waals surface area contributed by atoms with Gasteiger partial charge in [0.25, 0.3) is 5.91 Å². The molecule has 1 heterocycles. The summed E-state index contributed by atoms with van der Waals surface area (Å²) in [5.41, 5.74) is 3.85. The van der Waals surface area contributed by atoms with Crippen LogP contribution in [0, 0.1) is 20.8 Å². The zero-order valence-electron chi connectivity index (χ0n) is 14.6. The van der Waals surface area contributed by atoms with Gasteiger partial charge < -0.3 is 10.1 Å². The summed E-state index contributed by atoms with van der Waals surface area (Å²) in [5.74, 6) is -0.461. The number of ether oxygens (including phenoxy) is 1. The molecule has 0 unspecified atom stereocenters. The molecule has 24 heavy (non-hydrogen) atoms. The van der Waals surface area contributed by atoms with Crippen LogP contribution < -0.4 is 10.00 Å². The van der Waals surface area contributed by atoms with E-state index in [0.29, 0.717) is 6.61 Å². The van der Waals surface area contributed by atoms with Gasteiger partial charge in [0.2, 0.25) is 6.54 Å². The zero-order chi connectivity index (χ0) is 17.7. The third-order valence-corrected chi connectivity index (χ3v) is 3.68. The Hall–Kier alpha value is -2.63. The van der Waals surface area contributed by atoms with Gasteiger partial charge in [-0.3, -0.25) is 4.79 Å². The molecule has 1 N–H and O–H groups in total. The van der Waals surface area contributed by atoms with Crippen LogP contribution in [0.15, 0.2) is 30.6 Å². The van der Waals surface area contributed by atoms with Crippen LogP contribution in [0.1, 0.15) is 23.6 Å². The molecule has 0 aliphatic carbocycles. The third kappa shape index (κ3) is 4.44. The Balaban J connectivity index is 2.10. The predicted octanol–water partition coefficient (Wildman–Crippen LogP) is 1.90. The average molecular weight is 330 g/mol. The summed E-state index contributed by atoms with van der Waals surface area (Å²) in [5, 5.41) is 2.95. The van der Waals surface area contributed by atoms with Crippen molar-refractivity contribution >= 4 is 17.6 Å².